The second-order valence-corrected chi connectivity index (χ2v) is 3.88. The summed E-state index contributed by atoms with van der Waals surface area (Å²) in [6.45, 7) is -0.463. The van der Waals surface area contributed by atoms with Crippen LogP contribution in [0.1, 0.15) is 21.5 Å². The molecule has 0 fully saturated rings. The third-order valence-corrected chi connectivity index (χ3v) is 2.39. The van der Waals surface area contributed by atoms with Gasteiger partial charge in [-0.3, -0.25) is 0 Å². The van der Waals surface area contributed by atoms with Crippen LogP contribution in [0.15, 0.2) is 18.2 Å². The average Bonchev–Trinajstić information content (AvgIpc) is 2.36. The molecule has 3 nitrogen and oxygen atoms in total. The maximum Gasteiger partial charge on any atom is 0.417 e. The van der Waals surface area contributed by atoms with Crippen molar-refractivity contribution in [2.24, 2.45) is 0 Å². The number of hydrogen-bond donors (Lipinski definition) is 0. The molecule has 0 aliphatic carbocycles. The Bertz CT molecular complexity index is 507. The maximum absolute atomic E-state index is 12.7. The molecular formula is C12H10F6O3. The zero-order chi connectivity index (χ0) is 16.3. The van der Waals surface area contributed by atoms with Gasteiger partial charge >= 0.3 is 18.3 Å². The number of carbonyl (C=O) groups is 1. The molecule has 1 aromatic carbocycles. The minimum Gasteiger partial charge on any atom is -0.460 e. The van der Waals surface area contributed by atoms with Crippen LogP contribution < -0.4 is 0 Å². The van der Waals surface area contributed by atoms with Crippen molar-refractivity contribution in [3.63, 3.8) is 0 Å². The highest BCUT2D eigenvalue weighted by molar-refractivity contribution is 5.91. The van der Waals surface area contributed by atoms with Crippen molar-refractivity contribution < 1.29 is 40.6 Å². The van der Waals surface area contributed by atoms with Crippen molar-refractivity contribution in [3.05, 3.63) is 34.9 Å². The number of rotatable bonds is 4. The number of alkyl halides is 6. The number of ether oxygens (including phenoxy) is 2. The highest BCUT2D eigenvalue weighted by atomic mass is 19.4. The van der Waals surface area contributed by atoms with E-state index in [0.29, 0.717) is 0 Å². The minimum atomic E-state index is -4.97. The van der Waals surface area contributed by atoms with E-state index in [1.807, 2.05) is 0 Å². The smallest absolute Gasteiger partial charge is 0.417 e. The van der Waals surface area contributed by atoms with Crippen LogP contribution >= 0.6 is 0 Å². The molecule has 0 bridgehead atoms. The van der Waals surface area contributed by atoms with Crippen LogP contribution in [0.3, 0.4) is 0 Å². The van der Waals surface area contributed by atoms with Gasteiger partial charge in [0.05, 0.1) is 23.3 Å². The summed E-state index contributed by atoms with van der Waals surface area (Å²) in [7, 11) is 1.26. The van der Waals surface area contributed by atoms with Gasteiger partial charge in [0.2, 0.25) is 0 Å². The molecule has 0 heterocycles. The Hall–Kier alpha value is -1.77. The Morgan fingerprint density at radius 1 is 1.05 bits per heavy atom. The Kier molecular flexibility index (Phi) is 5.21. The van der Waals surface area contributed by atoms with E-state index >= 15 is 0 Å². The number of halogens is 6. The monoisotopic (exact) mass is 316 g/mol. The molecule has 0 saturated heterocycles. The fourth-order valence-corrected chi connectivity index (χ4v) is 1.43. The molecule has 1 aromatic rings. The second-order valence-electron chi connectivity index (χ2n) is 3.88. The standard InChI is InChI=1S/C12H10F6O3/c1-20-4-5-21-10(19)8-6-7(11(13,14)15)2-3-9(8)12(16,17)18/h2-3,6H,4-5H2,1H3. The Morgan fingerprint density at radius 2 is 1.67 bits per heavy atom. The predicted molar refractivity (Wildman–Crippen MR) is 58.6 cm³/mol. The van der Waals surface area contributed by atoms with Crippen LogP contribution in [0.25, 0.3) is 0 Å². The van der Waals surface area contributed by atoms with E-state index in [0.717, 1.165) is 0 Å². The number of carbonyl (C=O) groups excluding carboxylic acids is 1. The Labute approximate surface area is 115 Å². The molecule has 0 radical (unpaired) electrons. The number of hydrogen-bond acceptors (Lipinski definition) is 3. The predicted octanol–water partition coefficient (Wildman–Crippen LogP) is 3.53. The van der Waals surface area contributed by atoms with Crippen LogP contribution in [0.5, 0.6) is 0 Å². The van der Waals surface area contributed by atoms with Gasteiger partial charge < -0.3 is 9.47 Å². The van der Waals surface area contributed by atoms with E-state index in [2.05, 4.69) is 9.47 Å². The zero-order valence-electron chi connectivity index (χ0n) is 10.6. The molecule has 0 aliphatic heterocycles. The minimum absolute atomic E-state index is 0.0912. The fourth-order valence-electron chi connectivity index (χ4n) is 1.43. The summed E-state index contributed by atoms with van der Waals surface area (Å²) in [6.07, 6.45) is -9.84. The molecule has 0 N–H and O–H groups in total. The van der Waals surface area contributed by atoms with E-state index in [9.17, 15) is 31.1 Å². The van der Waals surface area contributed by atoms with Crippen molar-refractivity contribution in [1.82, 2.24) is 0 Å². The van der Waals surface area contributed by atoms with Gasteiger partial charge in [-0.05, 0) is 18.2 Å². The van der Waals surface area contributed by atoms with Gasteiger partial charge in [0, 0.05) is 7.11 Å². The van der Waals surface area contributed by atoms with Gasteiger partial charge in [0.1, 0.15) is 6.61 Å². The highest BCUT2D eigenvalue weighted by Crippen LogP contribution is 2.36. The van der Waals surface area contributed by atoms with E-state index in [-0.39, 0.29) is 31.4 Å². The molecule has 0 aliphatic rings. The quantitative estimate of drug-likeness (QED) is 0.484. The average molecular weight is 316 g/mol. The first kappa shape index (κ1) is 17.3. The molecule has 0 spiro atoms. The summed E-state index contributed by atoms with van der Waals surface area (Å²) in [5.41, 5.74) is -4.04. The third kappa shape index (κ3) is 4.62. The molecule has 0 unspecified atom stereocenters. The van der Waals surface area contributed by atoms with Gasteiger partial charge in [-0.15, -0.1) is 0 Å². The zero-order valence-corrected chi connectivity index (χ0v) is 10.6. The van der Waals surface area contributed by atoms with E-state index in [1.165, 1.54) is 7.11 Å². The molecule has 118 valence electrons. The van der Waals surface area contributed by atoms with E-state index < -0.39 is 35.0 Å². The second kappa shape index (κ2) is 6.33. The molecule has 21 heavy (non-hydrogen) atoms. The van der Waals surface area contributed by atoms with E-state index in [4.69, 9.17) is 0 Å². The number of methoxy groups -OCH3 is 1. The topological polar surface area (TPSA) is 35.5 Å². The summed E-state index contributed by atoms with van der Waals surface area (Å²) in [5.74, 6) is -1.49. The highest BCUT2D eigenvalue weighted by Gasteiger charge is 2.39. The molecule has 0 aromatic heterocycles. The van der Waals surface area contributed by atoms with Crippen LogP contribution in [0.4, 0.5) is 26.3 Å². The lowest BCUT2D eigenvalue weighted by molar-refractivity contribution is -0.141. The van der Waals surface area contributed by atoms with E-state index in [1.54, 1.807) is 0 Å². The van der Waals surface area contributed by atoms with Gasteiger partial charge in [-0.1, -0.05) is 0 Å². The van der Waals surface area contributed by atoms with Gasteiger partial charge in [-0.2, -0.15) is 26.3 Å². The molecule has 0 amide bonds. The third-order valence-electron chi connectivity index (χ3n) is 2.39. The first-order valence-electron chi connectivity index (χ1n) is 5.52. The van der Waals surface area contributed by atoms with Crippen LogP contribution in [-0.2, 0) is 21.8 Å². The first-order valence-corrected chi connectivity index (χ1v) is 5.52. The lowest BCUT2D eigenvalue weighted by Crippen LogP contribution is -2.18. The molecule has 1 rings (SSSR count). The van der Waals surface area contributed by atoms with Crippen molar-refractivity contribution in [3.8, 4) is 0 Å². The summed E-state index contributed by atoms with van der Waals surface area (Å²) in [6, 6.07) is 0.586. The van der Waals surface area contributed by atoms with Crippen LogP contribution in [0, 0.1) is 0 Å². The lowest BCUT2D eigenvalue weighted by atomic mass is 10.0. The van der Waals surface area contributed by atoms with Crippen molar-refractivity contribution in [2.75, 3.05) is 20.3 Å². The molecule has 9 heteroatoms. The molecule has 0 saturated carbocycles. The van der Waals surface area contributed by atoms with Crippen molar-refractivity contribution in [1.29, 1.82) is 0 Å². The first-order chi connectivity index (χ1) is 9.57. The molecular weight excluding hydrogens is 306 g/mol. The SMILES string of the molecule is COCCOC(=O)c1cc(C(F)(F)F)ccc1C(F)(F)F. The van der Waals surface area contributed by atoms with Crippen LogP contribution in [0.2, 0.25) is 0 Å². The lowest BCUT2D eigenvalue weighted by Gasteiger charge is -2.15. The van der Waals surface area contributed by atoms with Crippen LogP contribution in [-0.4, -0.2) is 26.3 Å². The summed E-state index contributed by atoms with van der Waals surface area (Å²) >= 11 is 0. The normalized spacial score (nSPS) is 12.3. The summed E-state index contributed by atoms with van der Waals surface area (Å²) < 4.78 is 84.6. The number of benzene rings is 1. The Balaban J connectivity index is 3.20. The van der Waals surface area contributed by atoms with Gasteiger partial charge in [0.15, 0.2) is 0 Å². The van der Waals surface area contributed by atoms with Crippen molar-refractivity contribution in [2.45, 2.75) is 12.4 Å². The summed E-state index contributed by atoms with van der Waals surface area (Å²) in [4.78, 5) is 11.5. The fraction of sp³-hybridized carbons (Fsp3) is 0.417. The largest absolute Gasteiger partial charge is 0.460 e. The maximum atomic E-state index is 12.7. The number of esters is 1. The Morgan fingerprint density at radius 3 is 2.14 bits per heavy atom. The summed E-state index contributed by atoms with van der Waals surface area (Å²) in [5, 5.41) is 0. The van der Waals surface area contributed by atoms with Gasteiger partial charge in [-0.25, -0.2) is 4.79 Å². The molecule has 0 atom stereocenters. The van der Waals surface area contributed by atoms with Crippen molar-refractivity contribution >= 4 is 5.97 Å². The van der Waals surface area contributed by atoms with Gasteiger partial charge in [0.25, 0.3) is 0 Å².